The molecular formula is C21H26N4O3. The van der Waals surface area contributed by atoms with Gasteiger partial charge in [-0.2, -0.15) is 5.10 Å². The van der Waals surface area contributed by atoms with Gasteiger partial charge in [-0.05, 0) is 51.3 Å². The van der Waals surface area contributed by atoms with Crippen molar-refractivity contribution in [2.24, 2.45) is 0 Å². The zero-order valence-corrected chi connectivity index (χ0v) is 16.6. The van der Waals surface area contributed by atoms with Crippen LogP contribution in [0.4, 0.5) is 0 Å². The first kappa shape index (κ1) is 18.7. The number of carbonyl (C=O) groups is 1. The van der Waals surface area contributed by atoms with E-state index in [1.165, 1.54) is 0 Å². The molecule has 3 aromatic heterocycles. The Kier molecular flexibility index (Phi) is 4.71. The topological polar surface area (TPSA) is 84.4 Å². The van der Waals surface area contributed by atoms with Crippen molar-refractivity contribution in [2.45, 2.75) is 51.6 Å². The summed E-state index contributed by atoms with van der Waals surface area (Å²) in [6.45, 7) is 6.70. The van der Waals surface area contributed by atoms with Crippen molar-refractivity contribution in [3.63, 3.8) is 0 Å². The van der Waals surface area contributed by atoms with Gasteiger partial charge in [0.25, 0.3) is 5.91 Å². The zero-order valence-electron chi connectivity index (χ0n) is 16.6. The van der Waals surface area contributed by atoms with Crippen molar-refractivity contribution in [1.29, 1.82) is 0 Å². The van der Waals surface area contributed by atoms with Crippen LogP contribution in [-0.2, 0) is 0 Å². The molecule has 1 aliphatic heterocycles. The predicted molar refractivity (Wildman–Crippen MR) is 106 cm³/mol. The smallest absolute Gasteiger partial charge is 0.255 e. The van der Waals surface area contributed by atoms with E-state index in [0.717, 1.165) is 24.6 Å². The summed E-state index contributed by atoms with van der Waals surface area (Å²) in [5.74, 6) is 0.523. The van der Waals surface area contributed by atoms with Crippen LogP contribution < -0.4 is 0 Å². The summed E-state index contributed by atoms with van der Waals surface area (Å²) in [5, 5.41) is 15.2. The van der Waals surface area contributed by atoms with Crippen LogP contribution in [0.1, 0.15) is 56.4 Å². The second kappa shape index (κ2) is 7.05. The van der Waals surface area contributed by atoms with E-state index in [4.69, 9.17) is 9.40 Å². The molecule has 4 rings (SSSR count). The molecule has 7 heteroatoms. The van der Waals surface area contributed by atoms with Crippen LogP contribution in [0.3, 0.4) is 0 Å². The van der Waals surface area contributed by atoms with Gasteiger partial charge in [-0.15, -0.1) is 0 Å². The summed E-state index contributed by atoms with van der Waals surface area (Å²) in [7, 11) is 0. The molecule has 1 unspecified atom stereocenters. The standard InChI is InChI=1S/C21H26N4O3/c1-4-21(13-26)8-6-9-24(21)20(27)15-11-17(18-7-5-10-28-18)23-19-16(15)12-22-25(19)14(2)3/h5,7,10-12,14,26H,4,6,8-9,13H2,1-3H3. The second-order valence-electron chi connectivity index (χ2n) is 7.75. The van der Waals surface area contributed by atoms with Crippen LogP contribution in [0.25, 0.3) is 22.5 Å². The summed E-state index contributed by atoms with van der Waals surface area (Å²) >= 11 is 0. The highest BCUT2D eigenvalue weighted by Crippen LogP contribution is 2.35. The first-order chi connectivity index (χ1) is 13.5. The first-order valence-electron chi connectivity index (χ1n) is 9.85. The molecule has 1 saturated heterocycles. The molecule has 1 amide bonds. The number of aliphatic hydroxyl groups excluding tert-OH is 1. The molecule has 1 atom stereocenters. The fraction of sp³-hybridized carbons (Fsp3) is 0.476. The lowest BCUT2D eigenvalue weighted by Gasteiger charge is -2.36. The van der Waals surface area contributed by atoms with Crippen LogP contribution in [-0.4, -0.2) is 49.4 Å². The number of nitrogens with zero attached hydrogens (tertiary/aromatic N) is 4. The number of likely N-dealkylation sites (tertiary alicyclic amines) is 1. The molecule has 0 spiro atoms. The molecule has 1 fully saturated rings. The second-order valence-corrected chi connectivity index (χ2v) is 7.75. The Bertz CT molecular complexity index is 987. The Morgan fingerprint density at radius 1 is 1.43 bits per heavy atom. The minimum atomic E-state index is -0.494. The third-order valence-electron chi connectivity index (χ3n) is 5.85. The minimum absolute atomic E-state index is 0.0280. The van der Waals surface area contributed by atoms with Crippen molar-refractivity contribution in [2.75, 3.05) is 13.2 Å². The van der Waals surface area contributed by atoms with Crippen molar-refractivity contribution in [3.8, 4) is 11.5 Å². The predicted octanol–water partition coefficient (Wildman–Crippen LogP) is 3.65. The number of furan rings is 1. The molecule has 1 aliphatic rings. The van der Waals surface area contributed by atoms with Gasteiger partial charge in [0, 0.05) is 12.6 Å². The van der Waals surface area contributed by atoms with Gasteiger partial charge in [-0.25, -0.2) is 9.67 Å². The van der Waals surface area contributed by atoms with Gasteiger partial charge in [0.1, 0.15) is 5.69 Å². The lowest BCUT2D eigenvalue weighted by molar-refractivity contribution is 0.0399. The van der Waals surface area contributed by atoms with Gasteiger partial charge in [-0.1, -0.05) is 6.92 Å². The molecule has 0 aliphatic carbocycles. The van der Waals surface area contributed by atoms with Crippen molar-refractivity contribution < 1.29 is 14.3 Å². The molecule has 28 heavy (non-hydrogen) atoms. The maximum absolute atomic E-state index is 13.6. The van der Waals surface area contributed by atoms with Crippen LogP contribution in [0.15, 0.2) is 35.1 Å². The highest BCUT2D eigenvalue weighted by molar-refractivity contribution is 6.06. The maximum atomic E-state index is 13.6. The van der Waals surface area contributed by atoms with Crippen molar-refractivity contribution in [1.82, 2.24) is 19.7 Å². The van der Waals surface area contributed by atoms with Crippen LogP contribution in [0, 0.1) is 0 Å². The lowest BCUT2D eigenvalue weighted by atomic mass is 9.93. The summed E-state index contributed by atoms with van der Waals surface area (Å²) in [5.41, 5.74) is 1.33. The molecule has 0 saturated carbocycles. The highest BCUT2D eigenvalue weighted by Gasteiger charge is 2.42. The molecule has 3 aromatic rings. The molecular weight excluding hydrogens is 356 g/mol. The van der Waals surface area contributed by atoms with Gasteiger partial charge in [0.05, 0.1) is 35.6 Å². The number of aromatic nitrogens is 3. The minimum Gasteiger partial charge on any atom is -0.463 e. The van der Waals surface area contributed by atoms with E-state index in [9.17, 15) is 9.90 Å². The fourth-order valence-corrected chi connectivity index (χ4v) is 4.17. The summed E-state index contributed by atoms with van der Waals surface area (Å²) in [6, 6.07) is 5.53. The van der Waals surface area contributed by atoms with Gasteiger partial charge < -0.3 is 14.4 Å². The van der Waals surface area contributed by atoms with Gasteiger partial charge in [0.15, 0.2) is 11.4 Å². The summed E-state index contributed by atoms with van der Waals surface area (Å²) < 4.78 is 7.35. The van der Waals surface area contributed by atoms with Gasteiger partial charge in [0.2, 0.25) is 0 Å². The van der Waals surface area contributed by atoms with E-state index < -0.39 is 5.54 Å². The molecule has 1 N–H and O–H groups in total. The number of hydrogen-bond acceptors (Lipinski definition) is 5. The average molecular weight is 382 g/mol. The van der Waals surface area contributed by atoms with Crippen LogP contribution in [0.2, 0.25) is 0 Å². The Hall–Kier alpha value is -2.67. The monoisotopic (exact) mass is 382 g/mol. The molecule has 0 aromatic carbocycles. The van der Waals surface area contributed by atoms with E-state index >= 15 is 0 Å². The number of amides is 1. The quantitative estimate of drug-likeness (QED) is 0.728. The summed E-state index contributed by atoms with van der Waals surface area (Å²) in [6.07, 6.45) is 5.74. The van der Waals surface area contributed by atoms with Crippen molar-refractivity contribution in [3.05, 3.63) is 36.2 Å². The number of hydrogen-bond donors (Lipinski definition) is 1. The Labute approximate surface area is 164 Å². The maximum Gasteiger partial charge on any atom is 0.255 e. The number of pyridine rings is 1. The van der Waals surface area contributed by atoms with Gasteiger partial charge >= 0.3 is 0 Å². The molecule has 0 bridgehead atoms. The number of fused-ring (bicyclic) bond motifs is 1. The Balaban J connectivity index is 1.89. The normalized spacial score (nSPS) is 19.8. The molecule has 0 radical (unpaired) electrons. The summed E-state index contributed by atoms with van der Waals surface area (Å²) in [4.78, 5) is 20.2. The van der Waals surface area contributed by atoms with E-state index in [0.29, 0.717) is 29.2 Å². The molecule has 7 nitrogen and oxygen atoms in total. The van der Waals surface area contributed by atoms with Crippen molar-refractivity contribution >= 4 is 16.9 Å². The number of aliphatic hydroxyl groups is 1. The highest BCUT2D eigenvalue weighted by atomic mass is 16.3. The Morgan fingerprint density at radius 3 is 2.89 bits per heavy atom. The Morgan fingerprint density at radius 2 is 2.25 bits per heavy atom. The van der Waals surface area contributed by atoms with Crippen LogP contribution >= 0.6 is 0 Å². The largest absolute Gasteiger partial charge is 0.463 e. The average Bonchev–Trinajstić information content (AvgIpc) is 3.45. The lowest BCUT2D eigenvalue weighted by Crippen LogP contribution is -2.49. The third kappa shape index (κ3) is 2.81. The fourth-order valence-electron chi connectivity index (χ4n) is 4.17. The van der Waals surface area contributed by atoms with Crippen LogP contribution in [0.5, 0.6) is 0 Å². The van der Waals surface area contributed by atoms with Gasteiger partial charge in [-0.3, -0.25) is 4.79 Å². The van der Waals surface area contributed by atoms with E-state index in [1.807, 2.05) is 36.4 Å². The number of rotatable bonds is 5. The SMILES string of the molecule is CCC1(CO)CCCN1C(=O)c1cc(-c2ccco2)nc2c1cnn2C(C)C. The van der Waals surface area contributed by atoms with E-state index in [-0.39, 0.29) is 18.6 Å². The van der Waals surface area contributed by atoms with E-state index in [1.54, 1.807) is 24.6 Å². The van der Waals surface area contributed by atoms with E-state index in [2.05, 4.69) is 5.10 Å². The third-order valence-corrected chi connectivity index (χ3v) is 5.85. The molecule has 148 valence electrons. The first-order valence-corrected chi connectivity index (χ1v) is 9.85. The zero-order chi connectivity index (χ0) is 19.9. The molecule has 4 heterocycles. The number of carbonyl (C=O) groups excluding carboxylic acids is 1.